The Balaban J connectivity index is 2.85. The van der Waals surface area contributed by atoms with Crippen molar-refractivity contribution in [3.8, 4) is 18.1 Å². The van der Waals surface area contributed by atoms with Crippen molar-refractivity contribution in [1.82, 2.24) is 0 Å². The van der Waals surface area contributed by atoms with Gasteiger partial charge in [0.1, 0.15) is 17.6 Å². The van der Waals surface area contributed by atoms with Crippen LogP contribution in [0, 0.1) is 17.8 Å². The molecule has 4 unspecified atom stereocenters. The normalized spacial score (nSPS) is 18.7. The molecule has 0 saturated carbocycles. The number of ether oxygens (including phenoxy) is 1. The molecule has 1 rings (SSSR count). The van der Waals surface area contributed by atoms with Crippen LogP contribution in [-0.2, 0) is 22.5 Å². The van der Waals surface area contributed by atoms with Crippen LogP contribution in [0.25, 0.3) is 0 Å². The summed E-state index contributed by atoms with van der Waals surface area (Å²) in [4.78, 5) is 30.1. The summed E-state index contributed by atoms with van der Waals surface area (Å²) < 4.78 is 42.6. The lowest BCUT2D eigenvalue weighted by atomic mass is 9.77. The van der Waals surface area contributed by atoms with Crippen LogP contribution in [0.15, 0.2) is 41.5 Å². The molecule has 0 saturated heterocycles. The Bertz CT molecular complexity index is 1180. The maximum atomic E-state index is 11.8. The standard InChI is InChI=1S/C28H42O9P2/c1-9-24-16-25(21-29)18-26(17-24)36-28(7,11-3)20-22(4)12-14-27(6,10-2)19-23(5)13-15-35-39(32,33)37-38(30,31)34-8/h1,12-13,16-18,21H,10-11,14-15,19-20H2,2-8H3,(H,30,31)(H,32,33)/b22-12+,23-13+. The van der Waals surface area contributed by atoms with Crippen LogP contribution >= 0.6 is 15.6 Å². The number of carbonyl (C=O) groups excluding carboxylic acids is 1. The number of rotatable bonds is 17. The molecule has 0 heterocycles. The minimum absolute atomic E-state index is 0.0818. The second-order valence-corrected chi connectivity index (χ2v) is 13.4. The highest BCUT2D eigenvalue weighted by atomic mass is 31.3. The highest BCUT2D eigenvalue weighted by molar-refractivity contribution is 7.61. The molecule has 0 aliphatic rings. The Kier molecular flexibility index (Phi) is 13.6. The smallest absolute Gasteiger partial charge is 0.481 e. The predicted molar refractivity (Wildman–Crippen MR) is 153 cm³/mol. The molecule has 0 aliphatic heterocycles. The lowest BCUT2D eigenvalue weighted by Gasteiger charge is -2.31. The Morgan fingerprint density at radius 1 is 1.03 bits per heavy atom. The SMILES string of the molecule is C#Cc1cc(C=O)cc(OC(C)(CC)C/C(C)=C/CC(C)(CC)C/C(C)=C/COP(=O)(O)OP(=O)(O)OC)c1. The fourth-order valence-corrected chi connectivity index (χ4v) is 5.74. The van der Waals surface area contributed by atoms with Gasteiger partial charge in [-0.05, 0) is 63.6 Å². The van der Waals surface area contributed by atoms with E-state index in [1.54, 1.807) is 24.3 Å². The van der Waals surface area contributed by atoms with Gasteiger partial charge < -0.3 is 14.5 Å². The molecule has 218 valence electrons. The van der Waals surface area contributed by atoms with Gasteiger partial charge in [-0.3, -0.25) is 13.8 Å². The first kappa shape index (κ1) is 35.0. The van der Waals surface area contributed by atoms with Crippen LogP contribution in [0.1, 0.15) is 89.6 Å². The molecule has 0 spiro atoms. The molecule has 39 heavy (non-hydrogen) atoms. The second kappa shape index (κ2) is 15.1. The number of hydrogen-bond donors (Lipinski definition) is 2. The minimum atomic E-state index is -4.76. The lowest BCUT2D eigenvalue weighted by Crippen LogP contribution is -2.32. The number of hydrogen-bond acceptors (Lipinski definition) is 7. The Morgan fingerprint density at radius 2 is 1.67 bits per heavy atom. The largest absolute Gasteiger partial charge is 0.487 e. The van der Waals surface area contributed by atoms with E-state index < -0.39 is 21.2 Å². The molecule has 0 amide bonds. The minimum Gasteiger partial charge on any atom is -0.487 e. The third-order valence-electron chi connectivity index (χ3n) is 6.61. The Morgan fingerprint density at radius 3 is 2.21 bits per heavy atom. The van der Waals surface area contributed by atoms with E-state index in [4.69, 9.17) is 15.7 Å². The van der Waals surface area contributed by atoms with Gasteiger partial charge in [-0.2, -0.15) is 4.31 Å². The first-order chi connectivity index (χ1) is 18.0. The summed E-state index contributed by atoms with van der Waals surface area (Å²) >= 11 is 0. The number of phosphoric ester groups is 2. The highest BCUT2D eigenvalue weighted by Gasteiger charge is 2.34. The zero-order chi connectivity index (χ0) is 29.9. The van der Waals surface area contributed by atoms with E-state index in [0.717, 1.165) is 43.8 Å². The first-order valence-electron chi connectivity index (χ1n) is 12.7. The second-order valence-electron chi connectivity index (χ2n) is 10.3. The van der Waals surface area contributed by atoms with E-state index in [9.17, 15) is 23.7 Å². The van der Waals surface area contributed by atoms with E-state index in [1.807, 2.05) is 13.8 Å². The fraction of sp³-hybridized carbons (Fsp3) is 0.536. The third-order valence-corrected chi connectivity index (χ3v) is 9.19. The van der Waals surface area contributed by atoms with Crippen LogP contribution in [0.2, 0.25) is 0 Å². The van der Waals surface area contributed by atoms with Crippen molar-refractivity contribution in [1.29, 1.82) is 0 Å². The maximum Gasteiger partial charge on any atom is 0.481 e. The number of phosphoric acid groups is 2. The van der Waals surface area contributed by atoms with Crippen LogP contribution in [-0.4, -0.2) is 35.4 Å². The van der Waals surface area contributed by atoms with E-state index in [1.165, 1.54) is 0 Å². The van der Waals surface area contributed by atoms with Crippen molar-refractivity contribution in [3.63, 3.8) is 0 Å². The van der Waals surface area contributed by atoms with Gasteiger partial charge in [-0.25, -0.2) is 9.13 Å². The van der Waals surface area contributed by atoms with Crippen molar-refractivity contribution in [2.75, 3.05) is 13.7 Å². The molecule has 0 radical (unpaired) electrons. The molecule has 9 nitrogen and oxygen atoms in total. The predicted octanol–water partition coefficient (Wildman–Crippen LogP) is 7.39. The van der Waals surface area contributed by atoms with Crippen LogP contribution in [0.3, 0.4) is 0 Å². The number of benzene rings is 1. The van der Waals surface area contributed by atoms with Gasteiger partial charge in [-0.15, -0.1) is 6.42 Å². The molecule has 0 bridgehead atoms. The van der Waals surface area contributed by atoms with Gasteiger partial charge in [-0.1, -0.05) is 56.4 Å². The van der Waals surface area contributed by atoms with Gasteiger partial charge in [0, 0.05) is 24.7 Å². The van der Waals surface area contributed by atoms with Crippen molar-refractivity contribution in [3.05, 3.63) is 52.6 Å². The molecule has 2 N–H and O–H groups in total. The highest BCUT2D eigenvalue weighted by Crippen LogP contribution is 2.59. The summed E-state index contributed by atoms with van der Waals surface area (Å²) in [6, 6.07) is 5.09. The molecule has 4 atom stereocenters. The zero-order valence-electron chi connectivity index (χ0n) is 23.9. The van der Waals surface area contributed by atoms with E-state index in [-0.39, 0.29) is 12.0 Å². The topological polar surface area (TPSA) is 129 Å². The number of allylic oxidation sites excluding steroid dienone is 2. The number of carbonyl (C=O) groups is 1. The number of aldehydes is 1. The first-order valence-corrected chi connectivity index (χ1v) is 15.7. The Labute approximate surface area is 232 Å². The van der Waals surface area contributed by atoms with Gasteiger partial charge in [0.15, 0.2) is 0 Å². The summed E-state index contributed by atoms with van der Waals surface area (Å²) in [5.41, 5.74) is 2.58. The zero-order valence-corrected chi connectivity index (χ0v) is 25.7. The molecule has 0 aliphatic carbocycles. The van der Waals surface area contributed by atoms with Crippen molar-refractivity contribution in [2.24, 2.45) is 5.41 Å². The molecule has 0 aromatic heterocycles. The van der Waals surface area contributed by atoms with Crippen LogP contribution in [0.4, 0.5) is 0 Å². The average Bonchev–Trinajstić information content (AvgIpc) is 2.86. The van der Waals surface area contributed by atoms with Gasteiger partial charge in [0.25, 0.3) is 0 Å². The van der Waals surface area contributed by atoms with Crippen LogP contribution < -0.4 is 4.74 Å². The molecular formula is C28H42O9P2. The van der Waals surface area contributed by atoms with Crippen molar-refractivity contribution in [2.45, 2.75) is 79.2 Å². The molecule has 11 heteroatoms. The molecule has 0 fully saturated rings. The van der Waals surface area contributed by atoms with Gasteiger partial charge in [0.2, 0.25) is 0 Å². The third kappa shape index (κ3) is 12.8. The summed E-state index contributed by atoms with van der Waals surface area (Å²) in [6.45, 7) is 12.0. The van der Waals surface area contributed by atoms with E-state index in [0.29, 0.717) is 29.7 Å². The van der Waals surface area contributed by atoms with Crippen molar-refractivity contribution >= 4 is 21.9 Å². The molecule has 1 aromatic rings. The van der Waals surface area contributed by atoms with Gasteiger partial charge in [0.05, 0.1) is 6.61 Å². The lowest BCUT2D eigenvalue weighted by molar-refractivity contribution is 0.0842. The monoisotopic (exact) mass is 584 g/mol. The van der Waals surface area contributed by atoms with E-state index in [2.05, 4.69) is 48.5 Å². The molecular weight excluding hydrogens is 542 g/mol. The summed E-state index contributed by atoms with van der Waals surface area (Å²) in [7, 11) is -8.54. The summed E-state index contributed by atoms with van der Waals surface area (Å²) in [5, 5.41) is 0. The van der Waals surface area contributed by atoms with Crippen LogP contribution in [0.5, 0.6) is 5.75 Å². The fourth-order valence-electron chi connectivity index (χ4n) is 3.98. The summed E-state index contributed by atoms with van der Waals surface area (Å²) in [5.74, 6) is 3.12. The maximum absolute atomic E-state index is 11.8. The molecule has 1 aromatic carbocycles. The number of terminal acetylenes is 1. The van der Waals surface area contributed by atoms with Crippen molar-refractivity contribution < 1.29 is 41.8 Å². The average molecular weight is 585 g/mol. The van der Waals surface area contributed by atoms with E-state index >= 15 is 0 Å². The van der Waals surface area contributed by atoms with Gasteiger partial charge >= 0.3 is 15.6 Å². The quantitative estimate of drug-likeness (QED) is 0.0833. The summed E-state index contributed by atoms with van der Waals surface area (Å²) in [6.07, 6.45) is 14.0. The Hall–Kier alpha value is -2.01.